The van der Waals surface area contributed by atoms with Crippen molar-refractivity contribution in [2.75, 3.05) is 13.2 Å². The lowest BCUT2D eigenvalue weighted by molar-refractivity contribution is -0.147. The highest BCUT2D eigenvalue weighted by molar-refractivity contribution is 5.94. The second-order valence-electron chi connectivity index (χ2n) is 6.22. The molecule has 0 aromatic carbocycles. The van der Waals surface area contributed by atoms with Gasteiger partial charge in [-0.25, -0.2) is 4.79 Å². The fourth-order valence-corrected chi connectivity index (χ4v) is 2.67. The van der Waals surface area contributed by atoms with Gasteiger partial charge in [0.1, 0.15) is 18.1 Å². The Morgan fingerprint density at radius 3 is 2.26 bits per heavy atom. The van der Waals surface area contributed by atoms with Crippen LogP contribution in [0.4, 0.5) is 0 Å². The van der Waals surface area contributed by atoms with Gasteiger partial charge in [0.05, 0.1) is 19.1 Å². The van der Waals surface area contributed by atoms with Gasteiger partial charge in [-0.05, 0) is 19.8 Å². The number of hydrogen-bond acceptors (Lipinski definition) is 7. The zero-order valence-electron chi connectivity index (χ0n) is 14.8. The molecule has 0 aromatic rings. The van der Waals surface area contributed by atoms with Gasteiger partial charge in [0.15, 0.2) is 0 Å². The molecule has 12 heteroatoms. The average Bonchev–Trinajstić information content (AvgIpc) is 3.06. The summed E-state index contributed by atoms with van der Waals surface area (Å²) in [5.41, 5.74) is 5.55. The molecule has 0 aromatic heterocycles. The minimum Gasteiger partial charge on any atom is -0.481 e. The van der Waals surface area contributed by atoms with Crippen molar-refractivity contribution >= 4 is 29.7 Å². The molecule has 1 aliphatic heterocycles. The summed E-state index contributed by atoms with van der Waals surface area (Å²) in [6.07, 6.45) is 0.0412. The van der Waals surface area contributed by atoms with Gasteiger partial charge in [-0.2, -0.15) is 0 Å². The number of rotatable bonds is 9. The van der Waals surface area contributed by atoms with E-state index in [2.05, 4.69) is 5.32 Å². The van der Waals surface area contributed by atoms with Crippen molar-refractivity contribution in [2.45, 2.75) is 50.4 Å². The van der Waals surface area contributed by atoms with Crippen LogP contribution in [0.1, 0.15) is 26.2 Å². The van der Waals surface area contributed by atoms with Crippen LogP contribution in [0, 0.1) is 0 Å². The van der Waals surface area contributed by atoms with E-state index in [4.69, 9.17) is 15.9 Å². The molecular formula is C15H24N4O8. The van der Waals surface area contributed by atoms with E-state index in [0.717, 1.165) is 0 Å². The van der Waals surface area contributed by atoms with Crippen LogP contribution >= 0.6 is 0 Å². The Labute approximate surface area is 154 Å². The summed E-state index contributed by atoms with van der Waals surface area (Å²) in [5.74, 6) is -5.19. The second kappa shape index (κ2) is 9.83. The Hall–Kier alpha value is -2.73. The molecule has 0 bridgehead atoms. The van der Waals surface area contributed by atoms with Crippen molar-refractivity contribution in [3.63, 3.8) is 0 Å². The fraction of sp³-hybridized carbons (Fsp3) is 0.667. The topological polar surface area (TPSA) is 199 Å². The van der Waals surface area contributed by atoms with Crippen LogP contribution in [-0.2, 0) is 24.0 Å². The van der Waals surface area contributed by atoms with Gasteiger partial charge in [0.2, 0.25) is 17.7 Å². The molecule has 12 nitrogen and oxygen atoms in total. The van der Waals surface area contributed by atoms with E-state index in [-0.39, 0.29) is 0 Å². The van der Waals surface area contributed by atoms with Crippen LogP contribution in [0.25, 0.3) is 0 Å². The molecule has 0 spiro atoms. The standard InChI is InChI=1S/C15H24N4O8/c1-7(16)14(25)19-4-2-3-10(19)13(24)18-9(6-20)12(23)17-8(15(26)27)5-11(21)22/h7-10,20H,2-6,16H2,1H3,(H,17,23)(H,18,24)(H,21,22)(H,26,27). The summed E-state index contributed by atoms with van der Waals surface area (Å²) in [5, 5.41) is 31.2. The lowest BCUT2D eigenvalue weighted by Gasteiger charge is -2.27. The lowest BCUT2D eigenvalue weighted by Crippen LogP contribution is -2.57. The second-order valence-corrected chi connectivity index (χ2v) is 6.22. The number of carbonyl (C=O) groups is 5. The average molecular weight is 388 g/mol. The van der Waals surface area contributed by atoms with Crippen LogP contribution in [0.3, 0.4) is 0 Å². The monoisotopic (exact) mass is 388 g/mol. The van der Waals surface area contributed by atoms with Crippen molar-refractivity contribution < 1.29 is 39.3 Å². The van der Waals surface area contributed by atoms with E-state index in [9.17, 15) is 29.1 Å². The molecule has 0 aliphatic carbocycles. The van der Waals surface area contributed by atoms with Crippen LogP contribution in [-0.4, -0.2) is 87.2 Å². The Morgan fingerprint density at radius 2 is 1.78 bits per heavy atom. The quantitative estimate of drug-likeness (QED) is 0.236. The summed E-state index contributed by atoms with van der Waals surface area (Å²) in [7, 11) is 0. The van der Waals surface area contributed by atoms with E-state index in [1.54, 1.807) is 0 Å². The molecule has 1 saturated heterocycles. The summed E-state index contributed by atoms with van der Waals surface area (Å²) >= 11 is 0. The third kappa shape index (κ3) is 6.18. The van der Waals surface area contributed by atoms with Crippen molar-refractivity contribution in [3.8, 4) is 0 Å². The van der Waals surface area contributed by atoms with Gasteiger partial charge in [0.25, 0.3) is 0 Å². The zero-order valence-corrected chi connectivity index (χ0v) is 14.8. The first-order chi connectivity index (χ1) is 12.6. The van der Waals surface area contributed by atoms with E-state index >= 15 is 0 Å². The maximum absolute atomic E-state index is 12.4. The third-order valence-corrected chi connectivity index (χ3v) is 4.04. The van der Waals surface area contributed by atoms with Crippen LogP contribution in [0.2, 0.25) is 0 Å². The van der Waals surface area contributed by atoms with Gasteiger partial charge < -0.3 is 36.6 Å². The molecule has 152 valence electrons. The highest BCUT2D eigenvalue weighted by Gasteiger charge is 2.37. The summed E-state index contributed by atoms with van der Waals surface area (Å²) in [6.45, 7) is 0.965. The molecule has 4 unspecified atom stereocenters. The number of aliphatic hydroxyl groups excluding tert-OH is 1. The summed E-state index contributed by atoms with van der Waals surface area (Å²) in [6, 6.07) is -4.88. The first-order valence-corrected chi connectivity index (χ1v) is 8.30. The normalized spacial score (nSPS) is 19.7. The van der Waals surface area contributed by atoms with Crippen LogP contribution in [0.15, 0.2) is 0 Å². The third-order valence-electron chi connectivity index (χ3n) is 4.04. The van der Waals surface area contributed by atoms with E-state index in [1.807, 2.05) is 5.32 Å². The molecule has 1 heterocycles. The maximum Gasteiger partial charge on any atom is 0.326 e. The molecular weight excluding hydrogens is 364 g/mol. The zero-order chi connectivity index (χ0) is 20.7. The summed E-state index contributed by atoms with van der Waals surface area (Å²) in [4.78, 5) is 59.5. The Balaban J connectivity index is 2.77. The number of amides is 3. The fourth-order valence-electron chi connectivity index (χ4n) is 2.67. The van der Waals surface area contributed by atoms with E-state index in [1.165, 1.54) is 11.8 Å². The first kappa shape index (κ1) is 22.3. The van der Waals surface area contributed by atoms with Gasteiger partial charge in [-0.3, -0.25) is 19.2 Å². The van der Waals surface area contributed by atoms with Crippen molar-refractivity contribution in [1.29, 1.82) is 0 Å². The minimum absolute atomic E-state index is 0.328. The van der Waals surface area contributed by atoms with Crippen molar-refractivity contribution in [1.82, 2.24) is 15.5 Å². The molecule has 1 rings (SSSR count). The largest absolute Gasteiger partial charge is 0.481 e. The smallest absolute Gasteiger partial charge is 0.326 e. The Kier molecular flexibility index (Phi) is 8.12. The van der Waals surface area contributed by atoms with Crippen LogP contribution in [0.5, 0.6) is 0 Å². The first-order valence-electron chi connectivity index (χ1n) is 8.30. The number of nitrogens with zero attached hydrogens (tertiary/aromatic N) is 1. The molecule has 3 amide bonds. The van der Waals surface area contributed by atoms with E-state index in [0.29, 0.717) is 19.4 Å². The number of hydrogen-bond donors (Lipinski definition) is 6. The SMILES string of the molecule is CC(N)C(=O)N1CCCC1C(=O)NC(CO)C(=O)NC(CC(=O)O)C(=O)O. The highest BCUT2D eigenvalue weighted by Crippen LogP contribution is 2.18. The van der Waals surface area contributed by atoms with Gasteiger partial charge in [-0.15, -0.1) is 0 Å². The number of nitrogens with one attached hydrogen (secondary N) is 2. The van der Waals surface area contributed by atoms with Crippen LogP contribution < -0.4 is 16.4 Å². The summed E-state index contributed by atoms with van der Waals surface area (Å²) < 4.78 is 0. The van der Waals surface area contributed by atoms with Gasteiger partial charge in [-0.1, -0.05) is 0 Å². The maximum atomic E-state index is 12.4. The van der Waals surface area contributed by atoms with E-state index < -0.39 is 66.9 Å². The molecule has 0 radical (unpaired) electrons. The van der Waals surface area contributed by atoms with Gasteiger partial charge >= 0.3 is 11.9 Å². The molecule has 7 N–H and O–H groups in total. The van der Waals surface area contributed by atoms with Gasteiger partial charge in [0, 0.05) is 6.54 Å². The predicted molar refractivity (Wildman–Crippen MR) is 89.2 cm³/mol. The number of carbonyl (C=O) groups excluding carboxylic acids is 3. The number of likely N-dealkylation sites (tertiary alicyclic amines) is 1. The molecule has 0 saturated carbocycles. The molecule has 1 fully saturated rings. The molecule has 27 heavy (non-hydrogen) atoms. The number of aliphatic hydroxyl groups is 1. The lowest BCUT2D eigenvalue weighted by atomic mass is 10.1. The number of aliphatic carboxylic acids is 2. The number of carboxylic acids is 2. The predicted octanol–water partition coefficient (Wildman–Crippen LogP) is -3.15. The molecule has 1 aliphatic rings. The number of nitrogens with two attached hydrogens (primary N) is 1. The Morgan fingerprint density at radius 1 is 1.15 bits per heavy atom. The number of carboxylic acid groups (broad SMARTS) is 2. The Bertz CT molecular complexity index is 609. The highest BCUT2D eigenvalue weighted by atomic mass is 16.4. The van der Waals surface area contributed by atoms with Crippen molar-refractivity contribution in [3.05, 3.63) is 0 Å². The minimum atomic E-state index is -1.72. The molecule has 4 atom stereocenters. The van der Waals surface area contributed by atoms with Crippen molar-refractivity contribution in [2.24, 2.45) is 5.73 Å².